The summed E-state index contributed by atoms with van der Waals surface area (Å²) < 4.78 is 4.20. The van der Waals surface area contributed by atoms with Gasteiger partial charge in [0.05, 0.1) is 12.9 Å². The third-order valence-electron chi connectivity index (χ3n) is 5.59. The van der Waals surface area contributed by atoms with E-state index in [1.54, 1.807) is 6.20 Å². The van der Waals surface area contributed by atoms with Crippen LogP contribution in [0.15, 0.2) is 43.0 Å². The van der Waals surface area contributed by atoms with Crippen molar-refractivity contribution in [2.75, 3.05) is 13.1 Å². The summed E-state index contributed by atoms with van der Waals surface area (Å²) in [4.78, 5) is 6.66. The zero-order chi connectivity index (χ0) is 18.6. The summed E-state index contributed by atoms with van der Waals surface area (Å²) in [5, 5.41) is 8.98. The molecule has 0 aliphatic carbocycles. The molecule has 2 aromatic heterocycles. The Morgan fingerprint density at radius 1 is 1.07 bits per heavy atom. The molecule has 1 atom stereocenters. The molecule has 0 unspecified atom stereocenters. The maximum absolute atomic E-state index is 4.54. The molecule has 4 rings (SSSR count). The fraction of sp³-hybridized carbons (Fsp3) is 0.476. The van der Waals surface area contributed by atoms with Gasteiger partial charge in [0.25, 0.3) is 0 Å². The molecule has 0 N–H and O–H groups in total. The molecule has 27 heavy (non-hydrogen) atoms. The molecule has 0 amide bonds. The lowest BCUT2D eigenvalue weighted by atomic mass is 9.96. The zero-order valence-electron chi connectivity index (χ0n) is 16.3. The molecular formula is C21H28N6. The van der Waals surface area contributed by atoms with Gasteiger partial charge in [0.1, 0.15) is 5.82 Å². The lowest BCUT2D eigenvalue weighted by Crippen LogP contribution is -2.34. The Bertz CT molecular complexity index is 849. The van der Waals surface area contributed by atoms with Gasteiger partial charge in [0, 0.05) is 38.4 Å². The molecule has 3 aromatic rings. The first-order valence-electron chi connectivity index (χ1n) is 9.87. The van der Waals surface area contributed by atoms with Gasteiger partial charge in [0.15, 0.2) is 5.82 Å². The highest BCUT2D eigenvalue weighted by atomic mass is 15.3. The van der Waals surface area contributed by atoms with E-state index >= 15 is 0 Å². The number of aryl methyl sites for hydroxylation is 1. The number of hydrogen-bond donors (Lipinski definition) is 0. The Morgan fingerprint density at radius 2 is 1.89 bits per heavy atom. The summed E-state index contributed by atoms with van der Waals surface area (Å²) in [7, 11) is 2.09. The van der Waals surface area contributed by atoms with E-state index in [4.69, 9.17) is 0 Å². The topological polar surface area (TPSA) is 51.8 Å². The van der Waals surface area contributed by atoms with Crippen molar-refractivity contribution < 1.29 is 0 Å². The van der Waals surface area contributed by atoms with Crippen molar-refractivity contribution in [1.82, 2.24) is 29.2 Å². The fourth-order valence-electron chi connectivity index (χ4n) is 3.96. The van der Waals surface area contributed by atoms with Crippen molar-refractivity contribution in [3.05, 3.63) is 65.8 Å². The average molecular weight is 364 g/mol. The average Bonchev–Trinajstić information content (AvgIpc) is 3.33. The maximum atomic E-state index is 4.54. The molecule has 1 aliphatic heterocycles. The molecule has 0 saturated carbocycles. The highest BCUT2D eigenvalue weighted by molar-refractivity contribution is 5.22. The Kier molecular flexibility index (Phi) is 5.34. The first-order chi connectivity index (χ1) is 13.2. The molecule has 0 radical (unpaired) electrons. The molecule has 142 valence electrons. The summed E-state index contributed by atoms with van der Waals surface area (Å²) in [6.45, 7) is 6.13. The van der Waals surface area contributed by atoms with Crippen LogP contribution in [0, 0.1) is 0 Å². The first-order valence-corrected chi connectivity index (χ1v) is 9.87. The van der Waals surface area contributed by atoms with Crippen molar-refractivity contribution in [2.24, 2.45) is 7.05 Å². The number of nitrogens with zero attached hydrogens (tertiary/aromatic N) is 6. The monoisotopic (exact) mass is 364 g/mol. The summed E-state index contributed by atoms with van der Waals surface area (Å²) in [6.07, 6.45) is 9.06. The van der Waals surface area contributed by atoms with Crippen LogP contribution in [0.4, 0.5) is 0 Å². The van der Waals surface area contributed by atoms with E-state index in [9.17, 15) is 0 Å². The first kappa shape index (κ1) is 17.9. The molecule has 0 bridgehead atoms. The number of imidazole rings is 1. The maximum Gasteiger partial charge on any atom is 0.152 e. The van der Waals surface area contributed by atoms with Crippen LogP contribution in [0.1, 0.15) is 48.5 Å². The second kappa shape index (κ2) is 8.05. The van der Waals surface area contributed by atoms with Crippen LogP contribution in [0.2, 0.25) is 0 Å². The SMILES string of the molecule is CCc1ccc(CN2CCC[C@@H](c3nnc(Cn4ccnc4)n3C)C2)cc1. The van der Waals surface area contributed by atoms with Crippen LogP contribution in [-0.4, -0.2) is 42.3 Å². The number of likely N-dealkylation sites (tertiary alicyclic amines) is 1. The second-order valence-electron chi connectivity index (χ2n) is 7.51. The van der Waals surface area contributed by atoms with E-state index in [2.05, 4.69) is 62.9 Å². The van der Waals surface area contributed by atoms with Gasteiger partial charge in [-0.25, -0.2) is 4.98 Å². The number of piperidine rings is 1. The minimum atomic E-state index is 0.447. The van der Waals surface area contributed by atoms with E-state index in [-0.39, 0.29) is 0 Å². The zero-order valence-corrected chi connectivity index (χ0v) is 16.3. The Balaban J connectivity index is 1.42. The Hall–Kier alpha value is -2.47. The Morgan fingerprint density at radius 3 is 2.63 bits per heavy atom. The van der Waals surface area contributed by atoms with Gasteiger partial charge in [-0.1, -0.05) is 31.2 Å². The Labute approximate surface area is 160 Å². The van der Waals surface area contributed by atoms with Crippen LogP contribution in [-0.2, 0) is 26.6 Å². The number of aromatic nitrogens is 5. The molecular weight excluding hydrogens is 336 g/mol. The van der Waals surface area contributed by atoms with Crippen LogP contribution in [0.5, 0.6) is 0 Å². The third-order valence-corrected chi connectivity index (χ3v) is 5.59. The lowest BCUT2D eigenvalue weighted by molar-refractivity contribution is 0.195. The van der Waals surface area contributed by atoms with Gasteiger partial charge in [-0.15, -0.1) is 10.2 Å². The predicted octanol–water partition coefficient (Wildman–Crippen LogP) is 3.00. The fourth-order valence-corrected chi connectivity index (χ4v) is 3.96. The third kappa shape index (κ3) is 4.11. The summed E-state index contributed by atoms with van der Waals surface area (Å²) in [6, 6.07) is 9.05. The van der Waals surface area contributed by atoms with Crippen LogP contribution < -0.4 is 0 Å². The normalized spacial score (nSPS) is 18.1. The molecule has 0 spiro atoms. The van der Waals surface area contributed by atoms with E-state index in [0.29, 0.717) is 12.5 Å². The summed E-state index contributed by atoms with van der Waals surface area (Å²) >= 11 is 0. The van der Waals surface area contributed by atoms with E-state index in [1.165, 1.54) is 24.0 Å². The van der Waals surface area contributed by atoms with E-state index < -0.39 is 0 Å². The van der Waals surface area contributed by atoms with Crippen molar-refractivity contribution >= 4 is 0 Å². The highest BCUT2D eigenvalue weighted by Crippen LogP contribution is 2.27. The van der Waals surface area contributed by atoms with Gasteiger partial charge in [-0.3, -0.25) is 4.90 Å². The molecule has 3 heterocycles. The molecule has 1 aromatic carbocycles. The lowest BCUT2D eigenvalue weighted by Gasteiger charge is -2.32. The van der Waals surface area contributed by atoms with Gasteiger partial charge >= 0.3 is 0 Å². The van der Waals surface area contributed by atoms with Gasteiger partial charge < -0.3 is 9.13 Å². The van der Waals surface area contributed by atoms with Gasteiger partial charge in [-0.2, -0.15) is 0 Å². The van der Waals surface area contributed by atoms with E-state index in [0.717, 1.165) is 37.7 Å². The predicted molar refractivity (Wildman–Crippen MR) is 105 cm³/mol. The minimum Gasteiger partial charge on any atom is -0.330 e. The summed E-state index contributed by atoms with van der Waals surface area (Å²) in [5.74, 6) is 2.54. The highest BCUT2D eigenvalue weighted by Gasteiger charge is 2.26. The van der Waals surface area contributed by atoms with Gasteiger partial charge in [0.2, 0.25) is 0 Å². The van der Waals surface area contributed by atoms with Crippen LogP contribution in [0.3, 0.4) is 0 Å². The van der Waals surface area contributed by atoms with Crippen LogP contribution >= 0.6 is 0 Å². The standard InChI is InChI=1S/C21H28N6/c1-3-17-6-8-18(9-7-17)13-26-11-4-5-19(14-26)21-24-23-20(25(21)2)15-27-12-10-22-16-27/h6-10,12,16,19H,3-5,11,13-15H2,1-2H3/t19-/m1/s1. The smallest absolute Gasteiger partial charge is 0.152 e. The van der Waals surface area contributed by atoms with E-state index in [1.807, 2.05) is 17.1 Å². The van der Waals surface area contributed by atoms with Crippen molar-refractivity contribution in [3.63, 3.8) is 0 Å². The number of benzene rings is 1. The van der Waals surface area contributed by atoms with Crippen molar-refractivity contribution in [3.8, 4) is 0 Å². The summed E-state index contributed by atoms with van der Waals surface area (Å²) in [5.41, 5.74) is 2.80. The molecule has 1 fully saturated rings. The molecule has 6 nitrogen and oxygen atoms in total. The van der Waals surface area contributed by atoms with Crippen molar-refractivity contribution in [2.45, 2.75) is 45.2 Å². The van der Waals surface area contributed by atoms with Gasteiger partial charge in [-0.05, 0) is 36.9 Å². The van der Waals surface area contributed by atoms with Crippen LogP contribution in [0.25, 0.3) is 0 Å². The van der Waals surface area contributed by atoms with Crippen molar-refractivity contribution in [1.29, 1.82) is 0 Å². The largest absolute Gasteiger partial charge is 0.330 e. The quantitative estimate of drug-likeness (QED) is 0.675. The molecule has 1 aliphatic rings. The molecule has 1 saturated heterocycles. The second-order valence-corrected chi connectivity index (χ2v) is 7.51. The molecule has 6 heteroatoms. The number of hydrogen-bond acceptors (Lipinski definition) is 4. The number of rotatable bonds is 6. The minimum absolute atomic E-state index is 0.447.